The molecule has 0 fully saturated rings. The van der Waals surface area contributed by atoms with Crippen molar-refractivity contribution in [3.63, 3.8) is 0 Å². The first-order chi connectivity index (χ1) is 9.13. The van der Waals surface area contributed by atoms with Crippen molar-refractivity contribution in [2.75, 3.05) is 6.54 Å². The van der Waals surface area contributed by atoms with Crippen molar-refractivity contribution in [3.05, 3.63) is 35.3 Å². The summed E-state index contributed by atoms with van der Waals surface area (Å²) in [4.78, 5) is 8.99. The minimum absolute atomic E-state index is 0.270. The second-order valence-corrected chi connectivity index (χ2v) is 4.84. The molecule has 0 aliphatic heterocycles. The van der Waals surface area contributed by atoms with Crippen molar-refractivity contribution in [1.29, 1.82) is 0 Å². The van der Waals surface area contributed by atoms with E-state index in [0.29, 0.717) is 5.82 Å². The molecule has 0 bridgehead atoms. The molecule has 2 rings (SSSR count). The third-order valence-electron chi connectivity index (χ3n) is 3.25. The molecule has 1 unspecified atom stereocenters. The van der Waals surface area contributed by atoms with Crippen LogP contribution in [0.1, 0.15) is 43.1 Å². The zero-order valence-corrected chi connectivity index (χ0v) is 12.0. The van der Waals surface area contributed by atoms with E-state index in [1.165, 1.54) is 0 Å². The van der Waals surface area contributed by atoms with E-state index in [-0.39, 0.29) is 6.04 Å². The zero-order chi connectivity index (χ0) is 13.8. The fraction of sp³-hybridized carbons (Fsp3) is 0.467. The predicted octanol–water partition coefficient (Wildman–Crippen LogP) is 3.41. The molecule has 2 heterocycles. The summed E-state index contributed by atoms with van der Waals surface area (Å²) in [5, 5.41) is 3.45. The van der Waals surface area contributed by atoms with Crippen molar-refractivity contribution in [3.8, 4) is 11.6 Å². The first-order valence-electron chi connectivity index (χ1n) is 6.74. The van der Waals surface area contributed by atoms with Gasteiger partial charge in [-0.2, -0.15) is 0 Å². The maximum atomic E-state index is 5.43. The van der Waals surface area contributed by atoms with E-state index in [1.807, 2.05) is 26.1 Å². The molecule has 2 aromatic heterocycles. The largest absolute Gasteiger partial charge is 0.461 e. The molecule has 0 aliphatic carbocycles. The van der Waals surface area contributed by atoms with Gasteiger partial charge in [-0.25, -0.2) is 9.97 Å². The summed E-state index contributed by atoms with van der Waals surface area (Å²) in [5.41, 5.74) is 3.20. The summed E-state index contributed by atoms with van der Waals surface area (Å²) in [7, 11) is 0. The number of aromatic nitrogens is 2. The van der Waals surface area contributed by atoms with E-state index < -0.39 is 0 Å². The molecule has 0 saturated carbocycles. The molecule has 0 spiro atoms. The normalized spacial score (nSPS) is 12.6. The average molecular weight is 259 g/mol. The molecule has 0 aliphatic rings. The number of nitrogens with zero attached hydrogens (tertiary/aromatic N) is 2. The van der Waals surface area contributed by atoms with Gasteiger partial charge in [0.2, 0.25) is 0 Å². The molecule has 0 amide bonds. The second kappa shape index (κ2) is 5.97. The smallest absolute Gasteiger partial charge is 0.196 e. The average Bonchev–Trinajstić information content (AvgIpc) is 2.82. The van der Waals surface area contributed by atoms with Crippen molar-refractivity contribution in [2.45, 2.75) is 40.2 Å². The molecular formula is C15H21N3O. The predicted molar refractivity (Wildman–Crippen MR) is 75.9 cm³/mol. The van der Waals surface area contributed by atoms with Crippen LogP contribution in [0.25, 0.3) is 11.6 Å². The van der Waals surface area contributed by atoms with Crippen LogP contribution in [0.3, 0.4) is 0 Å². The van der Waals surface area contributed by atoms with Crippen LogP contribution >= 0.6 is 0 Å². The van der Waals surface area contributed by atoms with E-state index in [4.69, 9.17) is 4.42 Å². The lowest BCUT2D eigenvalue weighted by Gasteiger charge is -2.15. The summed E-state index contributed by atoms with van der Waals surface area (Å²) in [5.74, 6) is 1.41. The molecule has 1 atom stereocenters. The van der Waals surface area contributed by atoms with Gasteiger partial charge in [0.05, 0.1) is 6.26 Å². The number of aryl methyl sites for hydroxylation is 2. The highest BCUT2D eigenvalue weighted by Crippen LogP contribution is 2.23. The minimum atomic E-state index is 0.270. The first kappa shape index (κ1) is 13.7. The van der Waals surface area contributed by atoms with Crippen molar-refractivity contribution >= 4 is 0 Å². The monoisotopic (exact) mass is 259 g/mol. The number of furan rings is 1. The number of nitrogens with one attached hydrogen (secondary N) is 1. The molecule has 0 saturated heterocycles. The Morgan fingerprint density at radius 3 is 2.74 bits per heavy atom. The maximum absolute atomic E-state index is 5.43. The number of rotatable bonds is 5. The van der Waals surface area contributed by atoms with E-state index in [9.17, 15) is 0 Å². The van der Waals surface area contributed by atoms with Crippen molar-refractivity contribution in [1.82, 2.24) is 15.3 Å². The van der Waals surface area contributed by atoms with E-state index in [0.717, 1.165) is 35.5 Å². The van der Waals surface area contributed by atoms with Crippen molar-refractivity contribution in [2.24, 2.45) is 0 Å². The van der Waals surface area contributed by atoms with Crippen LogP contribution < -0.4 is 5.32 Å². The number of hydrogen-bond donors (Lipinski definition) is 1. The summed E-state index contributed by atoms with van der Waals surface area (Å²) in [6.07, 6.45) is 4.68. The first-order valence-corrected chi connectivity index (χ1v) is 6.74. The molecule has 0 radical (unpaired) electrons. The Morgan fingerprint density at radius 1 is 1.37 bits per heavy atom. The van der Waals surface area contributed by atoms with Crippen LogP contribution in [0.5, 0.6) is 0 Å². The number of hydrogen-bond acceptors (Lipinski definition) is 4. The van der Waals surface area contributed by atoms with Crippen LogP contribution in [0, 0.1) is 13.8 Å². The summed E-state index contributed by atoms with van der Waals surface area (Å²) < 4.78 is 5.43. The molecule has 19 heavy (non-hydrogen) atoms. The van der Waals surface area contributed by atoms with Gasteiger partial charge in [0.15, 0.2) is 11.6 Å². The van der Waals surface area contributed by atoms with Crippen LogP contribution in [0.15, 0.2) is 22.9 Å². The van der Waals surface area contributed by atoms with Crippen molar-refractivity contribution < 1.29 is 4.42 Å². The van der Waals surface area contributed by atoms with Gasteiger partial charge in [-0.15, -0.1) is 0 Å². The van der Waals surface area contributed by atoms with E-state index in [2.05, 4.69) is 29.1 Å². The molecule has 102 valence electrons. The fourth-order valence-electron chi connectivity index (χ4n) is 2.08. The topological polar surface area (TPSA) is 51.0 Å². The van der Waals surface area contributed by atoms with E-state index in [1.54, 1.807) is 6.26 Å². The summed E-state index contributed by atoms with van der Waals surface area (Å²) in [6, 6.07) is 2.19. The Morgan fingerprint density at radius 2 is 2.16 bits per heavy atom. The van der Waals surface area contributed by atoms with Crippen LogP contribution in [0.4, 0.5) is 0 Å². The Balaban J connectivity index is 2.25. The zero-order valence-electron chi connectivity index (χ0n) is 12.0. The SMILES string of the molecule is CCCNC(C)c1cnc(-c2occc2C)nc1C. The van der Waals surface area contributed by atoms with Gasteiger partial charge in [-0.05, 0) is 45.4 Å². The lowest BCUT2D eigenvalue weighted by atomic mass is 10.1. The molecule has 2 aromatic rings. The van der Waals surface area contributed by atoms with Gasteiger partial charge < -0.3 is 9.73 Å². The lowest BCUT2D eigenvalue weighted by Crippen LogP contribution is -2.20. The molecule has 4 heteroatoms. The minimum Gasteiger partial charge on any atom is -0.461 e. The summed E-state index contributed by atoms with van der Waals surface area (Å²) in [6.45, 7) is 9.31. The summed E-state index contributed by atoms with van der Waals surface area (Å²) >= 11 is 0. The third-order valence-corrected chi connectivity index (χ3v) is 3.25. The van der Waals surface area contributed by atoms with Gasteiger partial charge in [0.25, 0.3) is 0 Å². The Labute approximate surface area is 114 Å². The molecular weight excluding hydrogens is 238 g/mol. The maximum Gasteiger partial charge on any atom is 0.196 e. The van der Waals surface area contributed by atoms with Crippen LogP contribution in [0.2, 0.25) is 0 Å². The Bertz CT molecular complexity index is 548. The van der Waals surface area contributed by atoms with Gasteiger partial charge in [0, 0.05) is 23.5 Å². The molecule has 4 nitrogen and oxygen atoms in total. The molecule has 1 N–H and O–H groups in total. The third kappa shape index (κ3) is 3.01. The highest BCUT2D eigenvalue weighted by molar-refractivity contribution is 5.52. The van der Waals surface area contributed by atoms with Gasteiger partial charge in [-0.3, -0.25) is 0 Å². The molecule has 0 aromatic carbocycles. The van der Waals surface area contributed by atoms with Gasteiger partial charge in [-0.1, -0.05) is 6.92 Å². The van der Waals surface area contributed by atoms with Gasteiger partial charge >= 0.3 is 0 Å². The van der Waals surface area contributed by atoms with Crippen LogP contribution in [-0.2, 0) is 0 Å². The standard InChI is InChI=1S/C15H21N3O/c1-5-7-16-11(3)13-9-17-15(18-12(13)4)14-10(2)6-8-19-14/h6,8-9,11,16H,5,7H2,1-4H3. The highest BCUT2D eigenvalue weighted by atomic mass is 16.3. The van der Waals surface area contributed by atoms with Gasteiger partial charge in [0.1, 0.15) is 0 Å². The Kier molecular flexibility index (Phi) is 4.32. The lowest BCUT2D eigenvalue weighted by molar-refractivity contribution is 0.560. The fourth-order valence-corrected chi connectivity index (χ4v) is 2.08. The quantitative estimate of drug-likeness (QED) is 0.894. The second-order valence-electron chi connectivity index (χ2n) is 4.84. The highest BCUT2D eigenvalue weighted by Gasteiger charge is 2.13. The van der Waals surface area contributed by atoms with E-state index >= 15 is 0 Å². The van der Waals surface area contributed by atoms with Crippen LogP contribution in [-0.4, -0.2) is 16.5 Å². The Hall–Kier alpha value is -1.68.